The zero-order valence-electron chi connectivity index (χ0n) is 9.37. The average molecular weight is 201 g/mol. The monoisotopic (exact) mass is 201 g/mol. The minimum atomic E-state index is 0.735. The lowest BCUT2D eigenvalue weighted by Gasteiger charge is -2.07. The Morgan fingerprint density at radius 3 is 2.87 bits per heavy atom. The molecule has 78 valence electrons. The Bertz CT molecular complexity index is 413. The molecule has 0 spiro atoms. The normalized spacial score (nSPS) is 10.9. The minimum absolute atomic E-state index is 0.735. The van der Waals surface area contributed by atoms with Gasteiger partial charge in [-0.3, -0.25) is 0 Å². The third kappa shape index (κ3) is 3.14. The van der Waals surface area contributed by atoms with E-state index in [1.807, 2.05) is 32.1 Å². The lowest BCUT2D eigenvalue weighted by Crippen LogP contribution is -1.91. The number of benzene rings is 1. The second kappa shape index (κ2) is 5.21. The molecule has 0 aliphatic rings. The Morgan fingerprint density at radius 1 is 1.53 bits per heavy atom. The first-order valence-electron chi connectivity index (χ1n) is 4.87. The highest BCUT2D eigenvalue weighted by Crippen LogP contribution is 2.20. The van der Waals surface area contributed by atoms with Crippen LogP contribution in [0.5, 0.6) is 5.75 Å². The molecule has 0 heterocycles. The van der Waals surface area contributed by atoms with Gasteiger partial charge in [-0.05, 0) is 31.9 Å². The number of allylic oxidation sites excluding steroid dienone is 2. The number of hydrogen-bond acceptors (Lipinski definition) is 2. The van der Waals surface area contributed by atoms with Gasteiger partial charge in [0.1, 0.15) is 5.75 Å². The van der Waals surface area contributed by atoms with E-state index in [-0.39, 0.29) is 0 Å². The van der Waals surface area contributed by atoms with Crippen molar-refractivity contribution < 1.29 is 4.74 Å². The Kier molecular flexibility index (Phi) is 3.93. The first-order valence-corrected chi connectivity index (χ1v) is 4.87. The first-order chi connectivity index (χ1) is 7.17. The molecule has 1 rings (SSSR count). The van der Waals surface area contributed by atoms with Crippen LogP contribution in [-0.2, 0) is 6.42 Å². The molecule has 0 aliphatic carbocycles. The van der Waals surface area contributed by atoms with Gasteiger partial charge in [-0.25, -0.2) is 0 Å². The molecule has 0 N–H and O–H groups in total. The number of hydrogen-bond donors (Lipinski definition) is 0. The van der Waals surface area contributed by atoms with E-state index in [9.17, 15) is 0 Å². The van der Waals surface area contributed by atoms with E-state index in [0.29, 0.717) is 0 Å². The van der Waals surface area contributed by atoms with Gasteiger partial charge in [-0.15, -0.1) is 0 Å². The van der Waals surface area contributed by atoms with Gasteiger partial charge in [-0.2, -0.15) is 5.26 Å². The second-order valence-electron chi connectivity index (χ2n) is 3.52. The van der Waals surface area contributed by atoms with Crippen LogP contribution < -0.4 is 4.74 Å². The molecule has 0 aliphatic heterocycles. The standard InChI is InChI=1S/C13H15NO/c1-10-5-7-13(15-3)12(8-10)6-4-11(2)9-14/h4-5,7-8H,6H2,1-3H3/b11-4-. The van der Waals surface area contributed by atoms with Gasteiger partial charge >= 0.3 is 0 Å². The van der Waals surface area contributed by atoms with Gasteiger partial charge in [0.2, 0.25) is 0 Å². The van der Waals surface area contributed by atoms with E-state index in [2.05, 4.69) is 12.1 Å². The molecule has 0 aromatic heterocycles. The smallest absolute Gasteiger partial charge is 0.122 e. The summed E-state index contributed by atoms with van der Waals surface area (Å²) in [6, 6.07) is 8.17. The van der Waals surface area contributed by atoms with Gasteiger partial charge in [-0.1, -0.05) is 23.8 Å². The van der Waals surface area contributed by atoms with Gasteiger partial charge < -0.3 is 4.74 Å². The van der Waals surface area contributed by atoms with E-state index in [1.165, 1.54) is 5.56 Å². The quantitative estimate of drug-likeness (QED) is 0.704. The highest BCUT2D eigenvalue weighted by Gasteiger charge is 2.01. The summed E-state index contributed by atoms with van der Waals surface area (Å²) in [6.45, 7) is 3.85. The predicted octanol–water partition coefficient (Wildman–Crippen LogP) is 3.02. The van der Waals surface area contributed by atoms with Crippen LogP contribution in [0.1, 0.15) is 18.1 Å². The topological polar surface area (TPSA) is 33.0 Å². The molecule has 0 radical (unpaired) electrons. The highest BCUT2D eigenvalue weighted by atomic mass is 16.5. The Labute approximate surface area is 90.8 Å². The van der Waals surface area contributed by atoms with Crippen LogP contribution in [0.15, 0.2) is 29.8 Å². The number of rotatable bonds is 3. The molecule has 0 saturated carbocycles. The van der Waals surface area contributed by atoms with Crippen molar-refractivity contribution in [1.82, 2.24) is 0 Å². The third-order valence-electron chi connectivity index (χ3n) is 2.24. The van der Waals surface area contributed by atoms with Gasteiger partial charge in [0.25, 0.3) is 0 Å². The lowest BCUT2D eigenvalue weighted by atomic mass is 10.1. The first kappa shape index (κ1) is 11.3. The van der Waals surface area contributed by atoms with Crippen LogP contribution in [0.2, 0.25) is 0 Å². The molecular formula is C13H15NO. The lowest BCUT2D eigenvalue weighted by molar-refractivity contribution is 0.410. The maximum absolute atomic E-state index is 8.64. The van der Waals surface area contributed by atoms with Crippen LogP contribution in [0, 0.1) is 18.3 Å². The molecule has 1 aromatic rings. The van der Waals surface area contributed by atoms with Gasteiger partial charge in [0.15, 0.2) is 0 Å². The average Bonchev–Trinajstić information content (AvgIpc) is 2.26. The maximum Gasteiger partial charge on any atom is 0.122 e. The van der Waals surface area contributed by atoms with Crippen molar-refractivity contribution in [2.45, 2.75) is 20.3 Å². The summed E-state index contributed by atoms with van der Waals surface area (Å²) >= 11 is 0. The van der Waals surface area contributed by atoms with E-state index < -0.39 is 0 Å². The number of nitrogens with zero attached hydrogens (tertiary/aromatic N) is 1. The van der Waals surface area contributed by atoms with Crippen molar-refractivity contribution in [2.24, 2.45) is 0 Å². The Hall–Kier alpha value is -1.75. The number of aryl methyl sites for hydroxylation is 1. The van der Waals surface area contributed by atoms with E-state index in [1.54, 1.807) is 7.11 Å². The van der Waals surface area contributed by atoms with Crippen LogP contribution in [0.25, 0.3) is 0 Å². The zero-order chi connectivity index (χ0) is 11.3. The maximum atomic E-state index is 8.64. The van der Waals surface area contributed by atoms with Crippen LogP contribution in [0.3, 0.4) is 0 Å². The third-order valence-corrected chi connectivity index (χ3v) is 2.24. The molecule has 0 unspecified atom stereocenters. The Balaban J connectivity index is 2.93. The minimum Gasteiger partial charge on any atom is -0.496 e. The van der Waals surface area contributed by atoms with Crippen molar-refractivity contribution in [3.63, 3.8) is 0 Å². The van der Waals surface area contributed by atoms with Crippen molar-refractivity contribution in [3.05, 3.63) is 41.0 Å². The summed E-state index contributed by atoms with van der Waals surface area (Å²) in [5, 5.41) is 8.64. The fraction of sp³-hybridized carbons (Fsp3) is 0.308. The molecule has 2 heteroatoms. The van der Waals surface area contributed by atoms with Crippen molar-refractivity contribution >= 4 is 0 Å². The zero-order valence-corrected chi connectivity index (χ0v) is 9.37. The molecule has 0 fully saturated rings. The summed E-state index contributed by atoms with van der Waals surface area (Å²) in [6.07, 6.45) is 2.65. The molecule has 15 heavy (non-hydrogen) atoms. The molecule has 0 saturated heterocycles. The molecule has 0 atom stereocenters. The molecule has 1 aromatic carbocycles. The largest absolute Gasteiger partial charge is 0.496 e. The highest BCUT2D eigenvalue weighted by molar-refractivity contribution is 5.38. The van der Waals surface area contributed by atoms with E-state index in [4.69, 9.17) is 10.00 Å². The van der Waals surface area contributed by atoms with Crippen molar-refractivity contribution in [3.8, 4) is 11.8 Å². The van der Waals surface area contributed by atoms with Gasteiger partial charge in [0.05, 0.1) is 13.2 Å². The number of ether oxygens (including phenoxy) is 1. The van der Waals surface area contributed by atoms with Crippen LogP contribution in [-0.4, -0.2) is 7.11 Å². The number of methoxy groups -OCH3 is 1. The molecule has 0 bridgehead atoms. The second-order valence-corrected chi connectivity index (χ2v) is 3.52. The van der Waals surface area contributed by atoms with E-state index >= 15 is 0 Å². The summed E-state index contributed by atoms with van der Waals surface area (Å²) < 4.78 is 5.25. The van der Waals surface area contributed by atoms with Crippen LogP contribution >= 0.6 is 0 Å². The Morgan fingerprint density at radius 2 is 2.27 bits per heavy atom. The summed E-state index contributed by atoms with van der Waals surface area (Å²) in [5.41, 5.74) is 3.06. The van der Waals surface area contributed by atoms with Crippen molar-refractivity contribution in [1.29, 1.82) is 5.26 Å². The molecule has 2 nitrogen and oxygen atoms in total. The van der Waals surface area contributed by atoms with Gasteiger partial charge in [0, 0.05) is 5.57 Å². The number of nitriles is 1. The molecular weight excluding hydrogens is 186 g/mol. The van der Waals surface area contributed by atoms with E-state index in [0.717, 1.165) is 23.3 Å². The summed E-state index contributed by atoms with van der Waals surface area (Å²) in [4.78, 5) is 0. The fourth-order valence-electron chi connectivity index (χ4n) is 1.38. The predicted molar refractivity (Wildman–Crippen MR) is 60.8 cm³/mol. The van der Waals surface area contributed by atoms with Crippen molar-refractivity contribution in [2.75, 3.05) is 7.11 Å². The fourth-order valence-corrected chi connectivity index (χ4v) is 1.38. The van der Waals surface area contributed by atoms with Crippen LogP contribution in [0.4, 0.5) is 0 Å². The molecule has 0 amide bonds. The SMILES string of the molecule is COc1ccc(C)cc1C/C=C(/C)C#N. The summed E-state index contributed by atoms with van der Waals surface area (Å²) in [7, 11) is 1.66. The summed E-state index contributed by atoms with van der Waals surface area (Å²) in [5.74, 6) is 0.877.